The Bertz CT molecular complexity index is 461. The molecule has 0 spiro atoms. The molecule has 1 aromatic rings. The lowest BCUT2D eigenvalue weighted by Crippen LogP contribution is -2.44. The fourth-order valence-corrected chi connectivity index (χ4v) is 2.55. The van der Waals surface area contributed by atoms with E-state index in [0.29, 0.717) is 11.5 Å². The summed E-state index contributed by atoms with van der Waals surface area (Å²) in [5.41, 5.74) is 1.23. The normalized spacial score (nSPS) is 19.9. The van der Waals surface area contributed by atoms with Gasteiger partial charge in [0, 0.05) is 11.6 Å². The molecule has 1 aliphatic heterocycles. The molecule has 112 valence electrons. The molecular weight excluding hydrogens is 279 g/mol. The van der Waals surface area contributed by atoms with Gasteiger partial charge in [-0.05, 0) is 63.4 Å². The number of benzene rings is 1. The van der Waals surface area contributed by atoms with E-state index in [4.69, 9.17) is 0 Å². The Morgan fingerprint density at radius 1 is 1.50 bits per heavy atom. The molecule has 0 aliphatic carbocycles. The molecular formula is C15H22ClFN2O. The Hall–Kier alpha value is -1.13. The first-order valence-electron chi connectivity index (χ1n) is 6.85. The zero-order valence-electron chi connectivity index (χ0n) is 11.9. The van der Waals surface area contributed by atoms with E-state index in [1.807, 2.05) is 13.8 Å². The maximum atomic E-state index is 13.2. The second-order valence-corrected chi connectivity index (χ2v) is 5.33. The maximum Gasteiger partial charge on any atom is 0.251 e. The summed E-state index contributed by atoms with van der Waals surface area (Å²) < 4.78 is 13.2. The number of nitrogens with one attached hydrogen (secondary N) is 2. The quantitative estimate of drug-likeness (QED) is 0.901. The molecule has 1 heterocycles. The number of piperidine rings is 1. The zero-order chi connectivity index (χ0) is 13.8. The van der Waals surface area contributed by atoms with Gasteiger partial charge in [0.1, 0.15) is 5.82 Å². The van der Waals surface area contributed by atoms with Crippen molar-refractivity contribution in [2.75, 3.05) is 13.1 Å². The fourth-order valence-electron chi connectivity index (χ4n) is 2.55. The van der Waals surface area contributed by atoms with Crippen molar-refractivity contribution in [3.05, 3.63) is 35.1 Å². The van der Waals surface area contributed by atoms with Gasteiger partial charge in [0.05, 0.1) is 0 Å². The monoisotopic (exact) mass is 300 g/mol. The van der Waals surface area contributed by atoms with Crippen molar-refractivity contribution < 1.29 is 9.18 Å². The molecule has 0 aromatic heterocycles. The van der Waals surface area contributed by atoms with Crippen LogP contribution in [0.4, 0.5) is 4.39 Å². The summed E-state index contributed by atoms with van der Waals surface area (Å²) in [6, 6.07) is 4.41. The molecule has 20 heavy (non-hydrogen) atoms. The highest BCUT2D eigenvalue weighted by Gasteiger charge is 2.22. The van der Waals surface area contributed by atoms with Crippen molar-refractivity contribution in [3.8, 4) is 0 Å². The summed E-state index contributed by atoms with van der Waals surface area (Å²) in [5.74, 6) is -0.107. The second kappa shape index (κ2) is 7.60. The number of aryl methyl sites for hydroxylation is 1. The number of carbonyl (C=O) groups is 1. The van der Waals surface area contributed by atoms with Gasteiger partial charge in [-0.25, -0.2) is 4.39 Å². The molecule has 1 amide bonds. The molecule has 0 bridgehead atoms. The first-order chi connectivity index (χ1) is 9.08. The van der Waals surface area contributed by atoms with Crippen molar-refractivity contribution >= 4 is 18.3 Å². The predicted molar refractivity (Wildman–Crippen MR) is 80.9 cm³/mol. The van der Waals surface area contributed by atoms with Crippen LogP contribution in [0.5, 0.6) is 0 Å². The van der Waals surface area contributed by atoms with Crippen LogP contribution in [-0.2, 0) is 0 Å². The van der Waals surface area contributed by atoms with Crippen molar-refractivity contribution in [1.82, 2.24) is 10.6 Å². The van der Waals surface area contributed by atoms with Gasteiger partial charge in [-0.15, -0.1) is 12.4 Å². The van der Waals surface area contributed by atoms with E-state index in [-0.39, 0.29) is 30.2 Å². The van der Waals surface area contributed by atoms with Crippen molar-refractivity contribution in [2.45, 2.75) is 32.7 Å². The van der Waals surface area contributed by atoms with Gasteiger partial charge in [0.15, 0.2) is 0 Å². The predicted octanol–water partition coefficient (Wildman–Crippen LogP) is 2.67. The molecule has 2 atom stereocenters. The third kappa shape index (κ3) is 4.18. The highest BCUT2D eigenvalue weighted by atomic mass is 35.5. The second-order valence-electron chi connectivity index (χ2n) is 5.33. The highest BCUT2D eigenvalue weighted by molar-refractivity contribution is 5.95. The van der Waals surface area contributed by atoms with Crippen molar-refractivity contribution in [2.24, 2.45) is 5.92 Å². The first-order valence-corrected chi connectivity index (χ1v) is 6.85. The Morgan fingerprint density at radius 2 is 2.25 bits per heavy atom. The Kier molecular flexibility index (Phi) is 6.43. The number of carbonyl (C=O) groups excluding carboxylic acids is 1. The molecule has 2 rings (SSSR count). The van der Waals surface area contributed by atoms with E-state index in [1.165, 1.54) is 12.1 Å². The SMILES string of the molecule is Cc1ccc(F)cc1C(=O)NC(C)C1CCCNC1.Cl. The molecule has 2 N–H and O–H groups in total. The van der Waals surface area contributed by atoms with Crippen LogP contribution in [0, 0.1) is 18.7 Å². The third-order valence-corrected chi connectivity index (χ3v) is 3.85. The topological polar surface area (TPSA) is 41.1 Å². The minimum Gasteiger partial charge on any atom is -0.349 e. The maximum absolute atomic E-state index is 13.2. The van der Waals surface area contributed by atoms with Gasteiger partial charge < -0.3 is 10.6 Å². The van der Waals surface area contributed by atoms with Gasteiger partial charge in [0.2, 0.25) is 0 Å². The van der Waals surface area contributed by atoms with E-state index >= 15 is 0 Å². The summed E-state index contributed by atoms with van der Waals surface area (Å²) in [5, 5.41) is 6.33. The van der Waals surface area contributed by atoms with E-state index in [2.05, 4.69) is 10.6 Å². The number of hydrogen-bond acceptors (Lipinski definition) is 2. The third-order valence-electron chi connectivity index (χ3n) is 3.85. The summed E-state index contributed by atoms with van der Waals surface area (Å²) >= 11 is 0. The minimum absolute atomic E-state index is 0. The van der Waals surface area contributed by atoms with Crippen LogP contribution in [0.25, 0.3) is 0 Å². The Balaban J connectivity index is 0.00000200. The minimum atomic E-state index is -0.372. The average molecular weight is 301 g/mol. The van der Waals surface area contributed by atoms with Gasteiger partial charge in [-0.1, -0.05) is 6.07 Å². The van der Waals surface area contributed by atoms with Crippen molar-refractivity contribution in [3.63, 3.8) is 0 Å². The summed E-state index contributed by atoms with van der Waals surface area (Å²) in [7, 11) is 0. The van der Waals surface area contributed by atoms with Crippen LogP contribution in [0.15, 0.2) is 18.2 Å². The number of halogens is 2. The molecule has 2 unspecified atom stereocenters. The molecule has 3 nitrogen and oxygen atoms in total. The lowest BCUT2D eigenvalue weighted by Gasteiger charge is -2.29. The first kappa shape index (κ1) is 16.9. The van der Waals surface area contributed by atoms with Crippen LogP contribution in [0.3, 0.4) is 0 Å². The molecule has 1 saturated heterocycles. The largest absolute Gasteiger partial charge is 0.349 e. The highest BCUT2D eigenvalue weighted by Crippen LogP contribution is 2.16. The van der Waals surface area contributed by atoms with Crippen LogP contribution < -0.4 is 10.6 Å². The molecule has 0 saturated carbocycles. The van der Waals surface area contributed by atoms with Gasteiger partial charge >= 0.3 is 0 Å². The molecule has 1 fully saturated rings. The van der Waals surface area contributed by atoms with Crippen LogP contribution in [0.1, 0.15) is 35.7 Å². The van der Waals surface area contributed by atoms with Crippen LogP contribution >= 0.6 is 12.4 Å². The van der Waals surface area contributed by atoms with E-state index in [1.54, 1.807) is 6.07 Å². The van der Waals surface area contributed by atoms with Gasteiger partial charge in [-0.3, -0.25) is 4.79 Å². The van der Waals surface area contributed by atoms with E-state index < -0.39 is 0 Å². The average Bonchev–Trinajstić information content (AvgIpc) is 2.42. The smallest absolute Gasteiger partial charge is 0.251 e. The molecule has 1 aliphatic rings. The number of rotatable bonds is 3. The van der Waals surface area contributed by atoms with Gasteiger partial charge in [-0.2, -0.15) is 0 Å². The van der Waals surface area contributed by atoms with Gasteiger partial charge in [0.25, 0.3) is 5.91 Å². The summed E-state index contributed by atoms with van der Waals surface area (Å²) in [6.45, 7) is 5.83. The molecule has 1 aromatic carbocycles. The van der Waals surface area contributed by atoms with Crippen molar-refractivity contribution in [1.29, 1.82) is 0 Å². The van der Waals surface area contributed by atoms with Crippen LogP contribution in [0.2, 0.25) is 0 Å². The molecule has 5 heteroatoms. The van der Waals surface area contributed by atoms with E-state index in [9.17, 15) is 9.18 Å². The Morgan fingerprint density at radius 3 is 2.90 bits per heavy atom. The Labute approximate surface area is 125 Å². The zero-order valence-corrected chi connectivity index (χ0v) is 12.7. The fraction of sp³-hybridized carbons (Fsp3) is 0.533. The lowest BCUT2D eigenvalue weighted by atomic mass is 9.92. The number of amides is 1. The summed E-state index contributed by atoms with van der Waals surface area (Å²) in [6.07, 6.45) is 2.26. The standard InChI is InChI=1S/C15H21FN2O.ClH/c1-10-5-6-13(16)8-14(10)15(19)18-11(2)12-4-3-7-17-9-12;/h5-6,8,11-12,17H,3-4,7,9H2,1-2H3,(H,18,19);1H. The van der Waals surface area contributed by atoms with E-state index in [0.717, 1.165) is 31.5 Å². The lowest BCUT2D eigenvalue weighted by molar-refractivity contribution is 0.0921. The molecule has 0 radical (unpaired) electrons. The summed E-state index contributed by atoms with van der Waals surface area (Å²) in [4.78, 5) is 12.2. The van der Waals surface area contributed by atoms with Crippen LogP contribution in [-0.4, -0.2) is 25.0 Å². The number of hydrogen-bond donors (Lipinski definition) is 2.